The van der Waals surface area contributed by atoms with E-state index in [9.17, 15) is 4.79 Å². The summed E-state index contributed by atoms with van der Waals surface area (Å²) in [6.07, 6.45) is 2.39. The van der Waals surface area contributed by atoms with Crippen LogP contribution in [-0.4, -0.2) is 17.4 Å². The molecule has 3 rings (SSSR count). The Labute approximate surface area is 109 Å². The molecule has 0 fully saturated rings. The average Bonchev–Trinajstić information content (AvgIpc) is 2.85. The molecule has 0 radical (unpaired) electrons. The predicted molar refractivity (Wildman–Crippen MR) is 68.3 cm³/mol. The third-order valence-electron chi connectivity index (χ3n) is 2.94. The Balaban J connectivity index is 1.98. The molecule has 90 valence electrons. The molecule has 0 bridgehead atoms. The van der Waals surface area contributed by atoms with E-state index >= 15 is 0 Å². The maximum Gasteiger partial charge on any atom is 0.193 e. The maximum atomic E-state index is 12.3. The van der Waals surface area contributed by atoms with Crippen molar-refractivity contribution in [1.29, 1.82) is 0 Å². The Morgan fingerprint density at radius 1 is 1.22 bits per heavy atom. The fourth-order valence-corrected chi connectivity index (χ4v) is 2.21. The molecule has 0 aliphatic carbocycles. The van der Waals surface area contributed by atoms with Gasteiger partial charge in [-0.15, -0.1) is 0 Å². The van der Waals surface area contributed by atoms with E-state index in [2.05, 4.69) is 4.98 Å². The van der Waals surface area contributed by atoms with Crippen molar-refractivity contribution in [3.05, 3.63) is 58.4 Å². The highest BCUT2D eigenvalue weighted by Gasteiger charge is 2.16. The molecule has 1 aromatic heterocycles. The Morgan fingerprint density at radius 3 is 2.89 bits per heavy atom. The van der Waals surface area contributed by atoms with Crippen LogP contribution in [-0.2, 0) is 6.42 Å². The van der Waals surface area contributed by atoms with Gasteiger partial charge in [0, 0.05) is 23.7 Å². The highest BCUT2D eigenvalue weighted by Crippen LogP contribution is 2.26. The number of pyridine rings is 1. The van der Waals surface area contributed by atoms with Gasteiger partial charge >= 0.3 is 0 Å². The summed E-state index contributed by atoms with van der Waals surface area (Å²) in [5.74, 6) is 0.827. The monoisotopic (exact) mass is 259 g/mol. The number of ether oxygens (including phenoxy) is 1. The van der Waals surface area contributed by atoms with E-state index in [-0.39, 0.29) is 5.78 Å². The molecule has 0 amide bonds. The van der Waals surface area contributed by atoms with Crippen LogP contribution in [0.4, 0.5) is 0 Å². The van der Waals surface area contributed by atoms with E-state index in [0.717, 1.165) is 17.7 Å². The van der Waals surface area contributed by atoms with Crippen molar-refractivity contribution in [2.24, 2.45) is 0 Å². The normalized spacial score (nSPS) is 12.9. The topological polar surface area (TPSA) is 39.2 Å². The van der Waals surface area contributed by atoms with Gasteiger partial charge < -0.3 is 4.74 Å². The van der Waals surface area contributed by atoms with E-state index < -0.39 is 0 Å². The predicted octanol–water partition coefficient (Wildman–Crippen LogP) is 2.90. The van der Waals surface area contributed by atoms with E-state index in [1.54, 1.807) is 18.2 Å². The first-order chi connectivity index (χ1) is 8.74. The molecule has 1 aliphatic heterocycles. The van der Waals surface area contributed by atoms with Crippen LogP contribution in [0.5, 0.6) is 5.75 Å². The van der Waals surface area contributed by atoms with Gasteiger partial charge in [0.05, 0.1) is 6.61 Å². The summed E-state index contributed by atoms with van der Waals surface area (Å²) in [4.78, 5) is 16.1. The highest BCUT2D eigenvalue weighted by molar-refractivity contribution is 6.30. The minimum atomic E-state index is -0.0472. The Bertz CT molecular complexity index is 625. The molecular weight excluding hydrogens is 250 g/mol. The lowest BCUT2D eigenvalue weighted by Crippen LogP contribution is -2.02. The lowest BCUT2D eigenvalue weighted by Gasteiger charge is -2.04. The number of ketones is 1. The van der Waals surface area contributed by atoms with Gasteiger partial charge in [0.15, 0.2) is 5.78 Å². The van der Waals surface area contributed by atoms with E-state index in [0.29, 0.717) is 22.9 Å². The average molecular weight is 260 g/mol. The van der Waals surface area contributed by atoms with E-state index in [4.69, 9.17) is 16.3 Å². The Kier molecular flexibility index (Phi) is 2.76. The van der Waals surface area contributed by atoms with Gasteiger partial charge in [0.2, 0.25) is 0 Å². The van der Waals surface area contributed by atoms with Crippen molar-refractivity contribution < 1.29 is 9.53 Å². The summed E-state index contributed by atoms with van der Waals surface area (Å²) in [6, 6.07) is 8.75. The van der Waals surface area contributed by atoms with Crippen molar-refractivity contribution in [3.63, 3.8) is 0 Å². The van der Waals surface area contributed by atoms with Crippen LogP contribution in [0.15, 0.2) is 36.5 Å². The van der Waals surface area contributed by atoms with Gasteiger partial charge in [-0.25, -0.2) is 4.98 Å². The minimum Gasteiger partial charge on any atom is -0.493 e. The zero-order valence-corrected chi connectivity index (χ0v) is 10.3. The van der Waals surface area contributed by atoms with Crippen LogP contribution < -0.4 is 4.74 Å². The lowest BCUT2D eigenvalue weighted by molar-refractivity contribution is 0.103. The number of rotatable bonds is 2. The van der Waals surface area contributed by atoms with Crippen LogP contribution in [0, 0.1) is 0 Å². The number of nitrogens with zero attached hydrogens (tertiary/aromatic N) is 1. The summed E-state index contributed by atoms with van der Waals surface area (Å²) < 4.78 is 5.42. The zero-order chi connectivity index (χ0) is 12.5. The molecule has 4 heteroatoms. The van der Waals surface area contributed by atoms with Crippen molar-refractivity contribution >= 4 is 17.4 Å². The first-order valence-electron chi connectivity index (χ1n) is 5.66. The van der Waals surface area contributed by atoms with Crippen LogP contribution in [0.2, 0.25) is 5.15 Å². The number of hydrogen-bond acceptors (Lipinski definition) is 3. The second-order valence-electron chi connectivity index (χ2n) is 4.12. The van der Waals surface area contributed by atoms with Gasteiger partial charge in [-0.2, -0.15) is 0 Å². The molecule has 18 heavy (non-hydrogen) atoms. The fourth-order valence-electron chi connectivity index (χ4n) is 2.04. The largest absolute Gasteiger partial charge is 0.493 e. The molecule has 3 nitrogen and oxygen atoms in total. The molecule has 1 aliphatic rings. The molecule has 0 atom stereocenters. The van der Waals surface area contributed by atoms with Crippen molar-refractivity contribution in [1.82, 2.24) is 4.98 Å². The molecule has 0 saturated carbocycles. The molecule has 1 aromatic carbocycles. The van der Waals surface area contributed by atoms with Crippen molar-refractivity contribution in [2.45, 2.75) is 6.42 Å². The number of carbonyl (C=O) groups excluding carboxylic acids is 1. The van der Waals surface area contributed by atoms with E-state index in [1.807, 2.05) is 12.1 Å². The Morgan fingerprint density at radius 2 is 2.06 bits per heavy atom. The van der Waals surface area contributed by atoms with Crippen molar-refractivity contribution in [2.75, 3.05) is 6.61 Å². The molecule has 2 aromatic rings. The number of hydrogen-bond donors (Lipinski definition) is 0. The van der Waals surface area contributed by atoms with Gasteiger partial charge in [-0.3, -0.25) is 4.79 Å². The second-order valence-corrected chi connectivity index (χ2v) is 4.50. The smallest absolute Gasteiger partial charge is 0.193 e. The van der Waals surface area contributed by atoms with Gasteiger partial charge in [0.25, 0.3) is 0 Å². The summed E-state index contributed by atoms with van der Waals surface area (Å²) >= 11 is 5.79. The first-order valence-corrected chi connectivity index (χ1v) is 6.04. The van der Waals surface area contributed by atoms with Gasteiger partial charge in [-0.05, 0) is 35.9 Å². The van der Waals surface area contributed by atoms with Crippen molar-refractivity contribution in [3.8, 4) is 5.75 Å². The molecular formula is C14H10ClNO2. The van der Waals surface area contributed by atoms with Crippen LogP contribution in [0.3, 0.4) is 0 Å². The van der Waals surface area contributed by atoms with Gasteiger partial charge in [0.1, 0.15) is 10.9 Å². The lowest BCUT2D eigenvalue weighted by atomic mass is 10.0. The maximum absolute atomic E-state index is 12.3. The third kappa shape index (κ3) is 1.97. The number of aromatic nitrogens is 1. The third-order valence-corrected chi connectivity index (χ3v) is 3.15. The second kappa shape index (κ2) is 4.42. The van der Waals surface area contributed by atoms with Crippen LogP contribution >= 0.6 is 11.6 Å². The molecule has 2 heterocycles. The SMILES string of the molecule is O=C(c1ccnc(Cl)c1)c1ccc2c(c1)CCO2. The summed E-state index contributed by atoms with van der Waals surface area (Å²) in [5.41, 5.74) is 2.29. The van der Waals surface area contributed by atoms with Crippen LogP contribution in [0.25, 0.3) is 0 Å². The minimum absolute atomic E-state index is 0.0472. The summed E-state index contributed by atoms with van der Waals surface area (Å²) in [5, 5.41) is 0.324. The number of halogens is 1. The quantitative estimate of drug-likeness (QED) is 0.615. The number of benzene rings is 1. The van der Waals surface area contributed by atoms with E-state index in [1.165, 1.54) is 6.20 Å². The first kappa shape index (κ1) is 11.2. The molecule has 0 saturated heterocycles. The fraction of sp³-hybridized carbons (Fsp3) is 0.143. The van der Waals surface area contributed by atoms with Crippen LogP contribution in [0.1, 0.15) is 21.5 Å². The molecule has 0 N–H and O–H groups in total. The standard InChI is InChI=1S/C14H10ClNO2/c15-13-8-11(3-5-16-13)14(17)10-1-2-12-9(7-10)4-6-18-12/h1-3,5,7-8H,4,6H2. The zero-order valence-electron chi connectivity index (χ0n) is 9.52. The van der Waals surface area contributed by atoms with Gasteiger partial charge in [-0.1, -0.05) is 11.6 Å². The number of carbonyl (C=O) groups is 1. The molecule has 0 spiro atoms. The summed E-state index contributed by atoms with van der Waals surface area (Å²) in [6.45, 7) is 0.689. The number of fused-ring (bicyclic) bond motifs is 1. The summed E-state index contributed by atoms with van der Waals surface area (Å²) in [7, 11) is 0. The molecule has 0 unspecified atom stereocenters. The Hall–Kier alpha value is -1.87. The highest BCUT2D eigenvalue weighted by atomic mass is 35.5.